The largest absolute Gasteiger partial charge is 0.341 e. The van der Waals surface area contributed by atoms with Crippen LogP contribution < -0.4 is 5.32 Å². The van der Waals surface area contributed by atoms with E-state index in [1.54, 1.807) is 0 Å². The molecule has 3 aromatic rings. The Bertz CT molecular complexity index is 897. The minimum atomic E-state index is -0.274. The molecule has 8 heteroatoms. The van der Waals surface area contributed by atoms with E-state index in [0.717, 1.165) is 36.4 Å². The van der Waals surface area contributed by atoms with Crippen molar-refractivity contribution in [1.82, 2.24) is 35.0 Å². The van der Waals surface area contributed by atoms with Crippen LogP contribution in [0, 0.1) is 0 Å². The number of H-pyrrole nitrogens is 1. The van der Waals surface area contributed by atoms with Crippen LogP contribution in [0.1, 0.15) is 40.5 Å². The second-order valence-corrected chi connectivity index (χ2v) is 6.20. The van der Waals surface area contributed by atoms with Crippen LogP contribution in [0.25, 0.3) is 5.65 Å². The molecular formula is C16H19N7O. The molecule has 1 atom stereocenters. The van der Waals surface area contributed by atoms with Crippen molar-refractivity contribution in [2.75, 3.05) is 13.6 Å². The first-order valence-electron chi connectivity index (χ1n) is 7.98. The Morgan fingerprint density at radius 1 is 1.38 bits per heavy atom. The molecule has 4 heterocycles. The third-order valence-electron chi connectivity index (χ3n) is 4.41. The minimum absolute atomic E-state index is 0.192. The van der Waals surface area contributed by atoms with Crippen LogP contribution in [0.15, 0.2) is 24.4 Å². The molecule has 0 radical (unpaired) electrons. The number of aromatic amines is 1. The molecule has 1 aliphatic rings. The number of likely N-dealkylation sites (N-methyl/N-ethyl adjacent to an activating group) is 1. The van der Waals surface area contributed by atoms with Gasteiger partial charge in [0.1, 0.15) is 0 Å². The fourth-order valence-electron chi connectivity index (χ4n) is 3.10. The summed E-state index contributed by atoms with van der Waals surface area (Å²) in [7, 11) is 2.04. The van der Waals surface area contributed by atoms with Crippen LogP contribution in [-0.2, 0) is 13.0 Å². The number of carbonyl (C=O) groups excluding carboxylic acids is 1. The Balaban J connectivity index is 1.57. The van der Waals surface area contributed by atoms with Gasteiger partial charge in [-0.15, -0.1) is 10.2 Å². The Labute approximate surface area is 138 Å². The Hall–Kier alpha value is -2.74. The summed E-state index contributed by atoms with van der Waals surface area (Å²) in [6.07, 6.45) is 2.77. The lowest BCUT2D eigenvalue weighted by Gasteiger charge is -2.22. The third-order valence-corrected chi connectivity index (χ3v) is 4.41. The minimum Gasteiger partial charge on any atom is -0.341 e. The third kappa shape index (κ3) is 2.44. The van der Waals surface area contributed by atoms with E-state index in [1.165, 1.54) is 0 Å². The van der Waals surface area contributed by atoms with Crippen LogP contribution in [0.4, 0.5) is 0 Å². The van der Waals surface area contributed by atoms with Gasteiger partial charge in [0.2, 0.25) is 0 Å². The highest BCUT2D eigenvalue weighted by atomic mass is 16.2. The predicted octanol–water partition coefficient (Wildman–Crippen LogP) is 0.931. The van der Waals surface area contributed by atoms with Gasteiger partial charge in [-0.2, -0.15) is 5.10 Å². The van der Waals surface area contributed by atoms with Crippen molar-refractivity contribution >= 4 is 11.6 Å². The molecule has 0 bridgehead atoms. The number of nitrogens with one attached hydrogen (secondary N) is 2. The molecule has 0 aliphatic carbocycles. The van der Waals surface area contributed by atoms with Crippen LogP contribution in [0.2, 0.25) is 0 Å². The first-order valence-corrected chi connectivity index (χ1v) is 7.98. The molecule has 1 unspecified atom stereocenters. The van der Waals surface area contributed by atoms with Gasteiger partial charge in [-0.3, -0.25) is 14.3 Å². The maximum absolute atomic E-state index is 12.7. The lowest BCUT2D eigenvalue weighted by molar-refractivity contribution is 0.0931. The zero-order valence-electron chi connectivity index (χ0n) is 13.7. The summed E-state index contributed by atoms with van der Waals surface area (Å²) >= 11 is 0. The number of pyridine rings is 1. The number of aromatic nitrogens is 5. The van der Waals surface area contributed by atoms with Gasteiger partial charge in [0.15, 0.2) is 17.2 Å². The van der Waals surface area contributed by atoms with Gasteiger partial charge in [-0.25, -0.2) is 0 Å². The summed E-state index contributed by atoms with van der Waals surface area (Å²) < 4.78 is 1.87. The molecule has 1 amide bonds. The van der Waals surface area contributed by atoms with E-state index in [0.29, 0.717) is 11.5 Å². The van der Waals surface area contributed by atoms with E-state index in [2.05, 4.69) is 30.6 Å². The van der Waals surface area contributed by atoms with E-state index in [1.807, 2.05) is 42.8 Å². The Kier molecular flexibility index (Phi) is 3.53. The quantitative estimate of drug-likeness (QED) is 0.747. The van der Waals surface area contributed by atoms with E-state index < -0.39 is 0 Å². The SMILES string of the molecule is CC(NC(=O)c1n[nH]c2c1CN(C)CC2)c1nnc2ccccn12. The van der Waals surface area contributed by atoms with E-state index in [4.69, 9.17) is 0 Å². The van der Waals surface area contributed by atoms with Crippen molar-refractivity contribution in [3.05, 3.63) is 47.2 Å². The summed E-state index contributed by atoms with van der Waals surface area (Å²) in [6.45, 7) is 3.60. The van der Waals surface area contributed by atoms with Gasteiger partial charge in [-0.05, 0) is 26.1 Å². The second-order valence-electron chi connectivity index (χ2n) is 6.20. The second kappa shape index (κ2) is 5.72. The van der Waals surface area contributed by atoms with Gasteiger partial charge in [0, 0.05) is 37.0 Å². The molecule has 24 heavy (non-hydrogen) atoms. The molecule has 0 saturated carbocycles. The molecule has 0 saturated heterocycles. The molecule has 0 aromatic carbocycles. The van der Waals surface area contributed by atoms with Crippen LogP contribution in [-0.4, -0.2) is 49.2 Å². The summed E-state index contributed by atoms with van der Waals surface area (Å²) in [4.78, 5) is 14.8. The predicted molar refractivity (Wildman–Crippen MR) is 87.5 cm³/mol. The summed E-state index contributed by atoms with van der Waals surface area (Å²) in [6, 6.07) is 5.42. The van der Waals surface area contributed by atoms with Gasteiger partial charge in [0.25, 0.3) is 5.91 Å². The number of hydrogen-bond acceptors (Lipinski definition) is 5. The first-order chi connectivity index (χ1) is 11.6. The van der Waals surface area contributed by atoms with Crippen molar-refractivity contribution in [2.45, 2.75) is 25.9 Å². The highest BCUT2D eigenvalue weighted by Gasteiger charge is 2.25. The van der Waals surface area contributed by atoms with E-state index in [-0.39, 0.29) is 11.9 Å². The molecule has 3 aromatic heterocycles. The van der Waals surface area contributed by atoms with E-state index >= 15 is 0 Å². The molecule has 4 rings (SSSR count). The molecule has 2 N–H and O–H groups in total. The smallest absolute Gasteiger partial charge is 0.272 e. The average molecular weight is 325 g/mol. The number of fused-ring (bicyclic) bond motifs is 2. The van der Waals surface area contributed by atoms with Crippen molar-refractivity contribution in [3.8, 4) is 0 Å². The summed E-state index contributed by atoms with van der Waals surface area (Å²) in [5.41, 5.74) is 3.27. The fraction of sp³-hybridized carbons (Fsp3) is 0.375. The van der Waals surface area contributed by atoms with Crippen LogP contribution >= 0.6 is 0 Å². The lowest BCUT2D eigenvalue weighted by atomic mass is 10.1. The van der Waals surface area contributed by atoms with E-state index in [9.17, 15) is 4.79 Å². The topological polar surface area (TPSA) is 91.2 Å². The number of amides is 1. The molecule has 0 spiro atoms. The van der Waals surface area contributed by atoms with Crippen molar-refractivity contribution < 1.29 is 4.79 Å². The molecular weight excluding hydrogens is 306 g/mol. The summed E-state index contributed by atoms with van der Waals surface area (Å²) in [5, 5.41) is 18.5. The van der Waals surface area contributed by atoms with Crippen molar-refractivity contribution in [1.29, 1.82) is 0 Å². The molecule has 8 nitrogen and oxygen atoms in total. The van der Waals surface area contributed by atoms with Gasteiger partial charge >= 0.3 is 0 Å². The normalized spacial score (nSPS) is 16.1. The van der Waals surface area contributed by atoms with Crippen molar-refractivity contribution in [2.24, 2.45) is 0 Å². The monoisotopic (exact) mass is 325 g/mol. The van der Waals surface area contributed by atoms with Gasteiger partial charge < -0.3 is 10.2 Å². The standard InChI is InChI=1S/C16H19N7O/c1-10(15-21-19-13-5-3-4-7-23(13)15)17-16(24)14-11-9-22(2)8-6-12(11)18-20-14/h3-5,7,10H,6,8-9H2,1-2H3,(H,17,24)(H,18,20). The average Bonchev–Trinajstić information content (AvgIpc) is 3.18. The molecule has 124 valence electrons. The van der Waals surface area contributed by atoms with Gasteiger partial charge in [-0.1, -0.05) is 6.07 Å². The number of rotatable bonds is 3. The lowest BCUT2D eigenvalue weighted by Crippen LogP contribution is -2.31. The highest BCUT2D eigenvalue weighted by molar-refractivity contribution is 5.94. The number of carbonyl (C=O) groups is 1. The van der Waals surface area contributed by atoms with Gasteiger partial charge in [0.05, 0.1) is 6.04 Å². The van der Waals surface area contributed by atoms with Crippen LogP contribution in [0.5, 0.6) is 0 Å². The first kappa shape index (κ1) is 14.8. The molecule has 1 aliphatic heterocycles. The summed E-state index contributed by atoms with van der Waals surface area (Å²) in [5.74, 6) is 0.503. The molecule has 0 fully saturated rings. The number of nitrogens with zero attached hydrogens (tertiary/aromatic N) is 5. The van der Waals surface area contributed by atoms with Crippen LogP contribution in [0.3, 0.4) is 0 Å². The zero-order chi connectivity index (χ0) is 16.7. The Morgan fingerprint density at radius 2 is 2.25 bits per heavy atom. The zero-order valence-corrected chi connectivity index (χ0v) is 13.7. The Morgan fingerprint density at radius 3 is 3.12 bits per heavy atom. The highest BCUT2D eigenvalue weighted by Crippen LogP contribution is 2.20. The maximum atomic E-state index is 12.7. The maximum Gasteiger partial charge on any atom is 0.272 e. The fourth-order valence-corrected chi connectivity index (χ4v) is 3.10. The number of hydrogen-bond donors (Lipinski definition) is 2. The van der Waals surface area contributed by atoms with Crippen molar-refractivity contribution in [3.63, 3.8) is 0 Å².